The van der Waals surface area contributed by atoms with Crippen molar-refractivity contribution < 1.29 is 9.53 Å². The number of aryl methyl sites for hydroxylation is 1. The van der Waals surface area contributed by atoms with Crippen LogP contribution < -0.4 is 0 Å². The number of carbonyl (C=O) groups is 1. The molecule has 0 atom stereocenters. The molecule has 0 spiro atoms. The maximum atomic E-state index is 12.4. The summed E-state index contributed by atoms with van der Waals surface area (Å²) >= 11 is 0. The Morgan fingerprint density at radius 1 is 1.09 bits per heavy atom. The molecule has 0 unspecified atom stereocenters. The summed E-state index contributed by atoms with van der Waals surface area (Å²) in [6.45, 7) is 12.4. The number of para-hydroxylation sites is 1. The Balaban J connectivity index is 2.37. The first-order valence-electron chi connectivity index (χ1n) is 7.89. The van der Waals surface area contributed by atoms with Gasteiger partial charge in [0.05, 0.1) is 5.52 Å². The number of fused-ring (bicyclic) bond motifs is 1. The molecule has 3 heteroatoms. The number of nitrogens with zero attached hydrogens (tertiary/aromatic N) is 1. The van der Waals surface area contributed by atoms with Crippen molar-refractivity contribution in [1.29, 1.82) is 0 Å². The van der Waals surface area contributed by atoms with Gasteiger partial charge in [-0.15, -0.1) is 0 Å². The van der Waals surface area contributed by atoms with E-state index in [4.69, 9.17) is 4.74 Å². The average molecular weight is 301 g/mol. The molecule has 0 saturated heterocycles. The minimum absolute atomic E-state index is 0.273. The molecule has 0 N–H and O–H groups in total. The second-order valence-electron chi connectivity index (χ2n) is 8.08. The Morgan fingerprint density at radius 2 is 1.73 bits per heavy atom. The van der Waals surface area contributed by atoms with Gasteiger partial charge < -0.3 is 4.74 Å². The highest BCUT2D eigenvalue weighted by atomic mass is 16.6. The summed E-state index contributed by atoms with van der Waals surface area (Å²) in [6, 6.07) is 8.02. The lowest BCUT2D eigenvalue weighted by Crippen LogP contribution is -2.26. The van der Waals surface area contributed by atoms with Crippen molar-refractivity contribution in [3.05, 3.63) is 36.0 Å². The number of hydrogen-bond acceptors (Lipinski definition) is 2. The smallest absolute Gasteiger partial charge is 0.419 e. The molecule has 0 bridgehead atoms. The topological polar surface area (TPSA) is 31.2 Å². The number of carbonyl (C=O) groups excluding carboxylic acids is 1. The monoisotopic (exact) mass is 301 g/mol. The van der Waals surface area contributed by atoms with Crippen LogP contribution in [0.15, 0.2) is 30.5 Å². The summed E-state index contributed by atoms with van der Waals surface area (Å²) in [7, 11) is 0. The van der Waals surface area contributed by atoms with Crippen LogP contribution in [0, 0.1) is 5.41 Å². The van der Waals surface area contributed by atoms with Crippen LogP contribution in [0.5, 0.6) is 0 Å². The number of rotatable bonds is 2. The van der Waals surface area contributed by atoms with Gasteiger partial charge in [-0.1, -0.05) is 39.0 Å². The van der Waals surface area contributed by atoms with Crippen LogP contribution in [-0.4, -0.2) is 16.3 Å². The van der Waals surface area contributed by atoms with Crippen molar-refractivity contribution >= 4 is 17.0 Å². The van der Waals surface area contributed by atoms with E-state index in [-0.39, 0.29) is 11.5 Å². The quantitative estimate of drug-likeness (QED) is 0.743. The standard InChI is InChI=1S/C19H27NO2/c1-18(2,3)12-11-14-13-20(17(21)22-19(4,5)6)16-10-8-7-9-15(14)16/h7-10,13H,11-12H2,1-6H3. The lowest BCUT2D eigenvalue weighted by Gasteiger charge is -2.19. The van der Waals surface area contributed by atoms with Gasteiger partial charge in [-0.05, 0) is 50.7 Å². The lowest BCUT2D eigenvalue weighted by atomic mass is 9.89. The molecule has 0 saturated carbocycles. The summed E-state index contributed by atoms with van der Waals surface area (Å²) in [4.78, 5) is 12.4. The zero-order valence-electron chi connectivity index (χ0n) is 14.6. The molecular formula is C19H27NO2. The van der Waals surface area contributed by atoms with Crippen LogP contribution in [0.3, 0.4) is 0 Å². The second kappa shape index (κ2) is 5.79. The zero-order chi connectivity index (χ0) is 16.5. The number of ether oxygens (including phenoxy) is 1. The summed E-state index contributed by atoms with van der Waals surface area (Å²) in [6.07, 6.45) is 3.66. The molecule has 0 fully saturated rings. The van der Waals surface area contributed by atoms with Crippen molar-refractivity contribution in [3.8, 4) is 0 Å². The molecule has 1 heterocycles. The van der Waals surface area contributed by atoms with Gasteiger partial charge >= 0.3 is 6.09 Å². The van der Waals surface area contributed by atoms with Gasteiger partial charge in [-0.25, -0.2) is 4.79 Å². The minimum atomic E-state index is -0.492. The van der Waals surface area contributed by atoms with E-state index in [1.54, 1.807) is 4.57 Å². The highest BCUT2D eigenvalue weighted by molar-refractivity contribution is 5.92. The summed E-state index contributed by atoms with van der Waals surface area (Å²) < 4.78 is 7.15. The molecule has 0 aliphatic heterocycles. The number of hydrogen-bond donors (Lipinski definition) is 0. The Hall–Kier alpha value is -1.77. The Kier molecular flexibility index (Phi) is 4.37. The minimum Gasteiger partial charge on any atom is -0.443 e. The van der Waals surface area contributed by atoms with E-state index in [0.717, 1.165) is 23.7 Å². The largest absolute Gasteiger partial charge is 0.443 e. The first kappa shape index (κ1) is 16.6. The van der Waals surface area contributed by atoms with Gasteiger partial charge in [-0.2, -0.15) is 0 Å². The third-order valence-corrected chi connectivity index (χ3v) is 3.53. The number of benzene rings is 1. The van der Waals surface area contributed by atoms with Crippen molar-refractivity contribution in [1.82, 2.24) is 4.57 Å². The molecule has 0 aliphatic carbocycles. The molecule has 1 aromatic heterocycles. The zero-order valence-corrected chi connectivity index (χ0v) is 14.6. The highest BCUT2D eigenvalue weighted by Gasteiger charge is 2.21. The maximum absolute atomic E-state index is 12.4. The van der Waals surface area contributed by atoms with Crippen molar-refractivity contribution in [2.45, 2.75) is 60.0 Å². The molecule has 120 valence electrons. The van der Waals surface area contributed by atoms with Gasteiger partial charge in [0.25, 0.3) is 0 Å². The van der Waals surface area contributed by atoms with Crippen LogP contribution in [0.2, 0.25) is 0 Å². The van der Waals surface area contributed by atoms with E-state index in [1.165, 1.54) is 5.56 Å². The molecule has 1 aromatic carbocycles. The van der Waals surface area contributed by atoms with Crippen LogP contribution in [0.4, 0.5) is 4.79 Å². The van der Waals surface area contributed by atoms with E-state index in [0.29, 0.717) is 0 Å². The Labute approximate surface area is 133 Å². The molecule has 0 amide bonds. The van der Waals surface area contributed by atoms with Crippen LogP contribution in [0.25, 0.3) is 10.9 Å². The second-order valence-corrected chi connectivity index (χ2v) is 8.08. The first-order chi connectivity index (χ1) is 10.1. The van der Waals surface area contributed by atoms with E-state index < -0.39 is 5.60 Å². The maximum Gasteiger partial charge on any atom is 0.419 e. The summed E-state index contributed by atoms with van der Waals surface area (Å²) in [5, 5.41) is 1.14. The number of aromatic nitrogens is 1. The predicted molar refractivity (Wildman–Crippen MR) is 91.3 cm³/mol. The third-order valence-electron chi connectivity index (χ3n) is 3.53. The fraction of sp³-hybridized carbons (Fsp3) is 0.526. The third kappa shape index (κ3) is 4.12. The fourth-order valence-electron chi connectivity index (χ4n) is 2.42. The SMILES string of the molecule is CC(C)(C)CCc1cn(C(=O)OC(C)(C)C)c2ccccc12. The molecule has 0 radical (unpaired) electrons. The van der Waals surface area contributed by atoms with E-state index in [2.05, 4.69) is 26.8 Å². The molecular weight excluding hydrogens is 274 g/mol. The first-order valence-corrected chi connectivity index (χ1v) is 7.89. The van der Waals surface area contributed by atoms with Crippen molar-refractivity contribution in [3.63, 3.8) is 0 Å². The molecule has 2 aromatic rings. The predicted octanol–water partition coefficient (Wildman–Crippen LogP) is 5.40. The molecule has 2 rings (SSSR count). The summed E-state index contributed by atoms with van der Waals surface area (Å²) in [5.41, 5.74) is 1.90. The van der Waals surface area contributed by atoms with Crippen molar-refractivity contribution in [2.75, 3.05) is 0 Å². The van der Waals surface area contributed by atoms with Crippen molar-refractivity contribution in [2.24, 2.45) is 5.41 Å². The van der Waals surface area contributed by atoms with Gasteiger partial charge in [-0.3, -0.25) is 4.57 Å². The van der Waals surface area contributed by atoms with Gasteiger partial charge in [0.2, 0.25) is 0 Å². The average Bonchev–Trinajstić information content (AvgIpc) is 2.72. The van der Waals surface area contributed by atoms with Crippen LogP contribution in [0.1, 0.15) is 53.5 Å². The summed E-state index contributed by atoms with van der Waals surface area (Å²) in [5.74, 6) is 0. The van der Waals surface area contributed by atoms with Gasteiger partial charge in [0.1, 0.15) is 5.60 Å². The van der Waals surface area contributed by atoms with Crippen LogP contribution >= 0.6 is 0 Å². The highest BCUT2D eigenvalue weighted by Crippen LogP contribution is 2.27. The van der Waals surface area contributed by atoms with Crippen LogP contribution in [-0.2, 0) is 11.2 Å². The van der Waals surface area contributed by atoms with E-state index >= 15 is 0 Å². The normalized spacial score (nSPS) is 12.6. The van der Waals surface area contributed by atoms with E-state index in [1.807, 2.05) is 45.2 Å². The lowest BCUT2D eigenvalue weighted by molar-refractivity contribution is 0.0544. The Bertz CT molecular complexity index is 669. The molecule has 3 nitrogen and oxygen atoms in total. The van der Waals surface area contributed by atoms with Gasteiger partial charge in [0.15, 0.2) is 0 Å². The van der Waals surface area contributed by atoms with E-state index in [9.17, 15) is 4.79 Å². The molecule has 22 heavy (non-hydrogen) atoms. The fourth-order valence-corrected chi connectivity index (χ4v) is 2.42. The Morgan fingerprint density at radius 3 is 2.32 bits per heavy atom. The molecule has 0 aliphatic rings. The van der Waals surface area contributed by atoms with Gasteiger partial charge in [0, 0.05) is 11.6 Å².